The van der Waals surface area contributed by atoms with Gasteiger partial charge in [0.2, 0.25) is 11.9 Å². The Morgan fingerprint density at radius 2 is 1.77 bits per heavy atom. The molecular formula is C23H27N5O2S. The lowest BCUT2D eigenvalue weighted by Gasteiger charge is -2.28. The molecule has 4 rings (SSSR count). The van der Waals surface area contributed by atoms with Crippen molar-refractivity contribution in [2.24, 2.45) is 0 Å². The number of hydrogen-bond donors (Lipinski definition) is 0. The molecule has 1 saturated heterocycles. The van der Waals surface area contributed by atoms with Crippen molar-refractivity contribution in [1.82, 2.24) is 19.7 Å². The van der Waals surface area contributed by atoms with Crippen LogP contribution in [0, 0.1) is 6.92 Å². The Bertz CT molecular complexity index is 1000. The number of carbonyl (C=O) groups excluding carboxylic acids is 1. The van der Waals surface area contributed by atoms with Gasteiger partial charge in [-0.3, -0.25) is 9.36 Å². The van der Waals surface area contributed by atoms with Crippen molar-refractivity contribution in [3.63, 3.8) is 0 Å². The molecule has 8 heteroatoms. The SMILES string of the molecule is Cc1ccc(-n2c(SCC(=O)N(C)Cc3ccccc3)nnc2N2CCOCC2)cc1. The second-order valence-electron chi connectivity index (χ2n) is 7.58. The maximum Gasteiger partial charge on any atom is 0.233 e. The van der Waals surface area contributed by atoms with Gasteiger partial charge in [0.1, 0.15) is 0 Å². The van der Waals surface area contributed by atoms with Gasteiger partial charge < -0.3 is 14.5 Å². The van der Waals surface area contributed by atoms with E-state index in [1.165, 1.54) is 17.3 Å². The topological polar surface area (TPSA) is 63.5 Å². The summed E-state index contributed by atoms with van der Waals surface area (Å²) in [5, 5.41) is 9.61. The molecule has 0 aliphatic carbocycles. The maximum absolute atomic E-state index is 12.7. The number of amides is 1. The number of nitrogens with zero attached hydrogens (tertiary/aromatic N) is 5. The highest BCUT2D eigenvalue weighted by molar-refractivity contribution is 7.99. The molecule has 3 aromatic rings. The van der Waals surface area contributed by atoms with Crippen LogP contribution in [0.25, 0.3) is 5.69 Å². The smallest absolute Gasteiger partial charge is 0.233 e. The first kappa shape index (κ1) is 21.4. The van der Waals surface area contributed by atoms with Crippen LogP contribution in [0.4, 0.5) is 5.95 Å². The Labute approximate surface area is 187 Å². The molecule has 0 N–H and O–H groups in total. The molecule has 0 unspecified atom stereocenters. The summed E-state index contributed by atoms with van der Waals surface area (Å²) in [6.07, 6.45) is 0. The average Bonchev–Trinajstić information content (AvgIpc) is 3.23. The summed E-state index contributed by atoms with van der Waals surface area (Å²) in [5.41, 5.74) is 3.29. The summed E-state index contributed by atoms with van der Waals surface area (Å²) in [6, 6.07) is 18.3. The molecule has 1 aliphatic rings. The molecule has 2 aromatic carbocycles. The molecule has 0 spiro atoms. The second kappa shape index (κ2) is 9.98. The Kier molecular flexibility index (Phi) is 6.89. The van der Waals surface area contributed by atoms with Crippen LogP contribution >= 0.6 is 11.8 Å². The molecule has 1 aliphatic heterocycles. The summed E-state index contributed by atoms with van der Waals surface area (Å²) in [6.45, 7) is 5.54. The largest absolute Gasteiger partial charge is 0.378 e. The normalized spacial score (nSPS) is 13.9. The minimum Gasteiger partial charge on any atom is -0.378 e. The van der Waals surface area contributed by atoms with Crippen LogP contribution in [0.15, 0.2) is 59.8 Å². The fourth-order valence-electron chi connectivity index (χ4n) is 3.43. The highest BCUT2D eigenvalue weighted by Gasteiger charge is 2.22. The number of aryl methyl sites for hydroxylation is 1. The van der Waals surface area contributed by atoms with Gasteiger partial charge >= 0.3 is 0 Å². The molecule has 1 aromatic heterocycles. The van der Waals surface area contributed by atoms with E-state index in [9.17, 15) is 4.79 Å². The van der Waals surface area contributed by atoms with Gasteiger partial charge in [-0.05, 0) is 24.6 Å². The fraction of sp³-hybridized carbons (Fsp3) is 0.348. The molecule has 0 bridgehead atoms. The zero-order chi connectivity index (χ0) is 21.6. The monoisotopic (exact) mass is 437 g/mol. The van der Waals surface area contributed by atoms with Crippen molar-refractivity contribution >= 4 is 23.6 Å². The molecule has 0 saturated carbocycles. The van der Waals surface area contributed by atoms with Crippen molar-refractivity contribution in [1.29, 1.82) is 0 Å². The second-order valence-corrected chi connectivity index (χ2v) is 8.52. The number of morpholine rings is 1. The first-order chi connectivity index (χ1) is 15.1. The van der Waals surface area contributed by atoms with Crippen LogP contribution in [-0.4, -0.2) is 64.7 Å². The number of hydrogen-bond acceptors (Lipinski definition) is 6. The van der Waals surface area contributed by atoms with Gasteiger partial charge in [0.05, 0.1) is 24.7 Å². The highest BCUT2D eigenvalue weighted by Crippen LogP contribution is 2.27. The summed E-state index contributed by atoms with van der Waals surface area (Å²) in [5.74, 6) is 1.15. The predicted molar refractivity (Wildman–Crippen MR) is 123 cm³/mol. The van der Waals surface area contributed by atoms with Gasteiger partial charge in [-0.1, -0.05) is 59.8 Å². The van der Waals surface area contributed by atoms with Crippen LogP contribution in [0.5, 0.6) is 0 Å². The van der Waals surface area contributed by atoms with Gasteiger partial charge in [0.25, 0.3) is 0 Å². The third-order valence-electron chi connectivity index (χ3n) is 5.22. The molecule has 0 radical (unpaired) electrons. The van der Waals surface area contributed by atoms with Crippen molar-refractivity contribution in [2.75, 3.05) is 44.0 Å². The standard InChI is InChI=1S/C23H27N5O2S/c1-18-8-10-20(11-9-18)28-22(27-12-14-30-15-13-27)24-25-23(28)31-17-21(29)26(2)16-19-6-4-3-5-7-19/h3-11H,12-17H2,1-2H3. The third-order valence-corrected chi connectivity index (χ3v) is 6.13. The van der Waals surface area contributed by atoms with Gasteiger partial charge in [-0.2, -0.15) is 0 Å². The van der Waals surface area contributed by atoms with Crippen LogP contribution in [0.2, 0.25) is 0 Å². The predicted octanol–water partition coefficient (Wildman–Crippen LogP) is 3.16. The van der Waals surface area contributed by atoms with Gasteiger partial charge in [0, 0.05) is 26.7 Å². The summed E-state index contributed by atoms with van der Waals surface area (Å²) in [4.78, 5) is 16.7. The van der Waals surface area contributed by atoms with E-state index in [1.54, 1.807) is 4.90 Å². The molecular weight excluding hydrogens is 410 g/mol. The number of benzene rings is 2. The van der Waals surface area contributed by atoms with E-state index in [4.69, 9.17) is 4.74 Å². The Morgan fingerprint density at radius 1 is 1.06 bits per heavy atom. The first-order valence-corrected chi connectivity index (χ1v) is 11.4. The zero-order valence-corrected chi connectivity index (χ0v) is 18.7. The van der Waals surface area contributed by atoms with Crippen LogP contribution < -0.4 is 4.90 Å². The van der Waals surface area contributed by atoms with Crippen LogP contribution in [0.3, 0.4) is 0 Å². The van der Waals surface area contributed by atoms with E-state index in [0.717, 1.165) is 30.3 Å². The molecule has 7 nitrogen and oxygen atoms in total. The van der Waals surface area contributed by atoms with Gasteiger partial charge in [0.15, 0.2) is 5.16 Å². The van der Waals surface area contributed by atoms with E-state index < -0.39 is 0 Å². The lowest BCUT2D eigenvalue weighted by molar-refractivity contribution is -0.127. The quantitative estimate of drug-likeness (QED) is 0.529. The highest BCUT2D eigenvalue weighted by atomic mass is 32.2. The minimum absolute atomic E-state index is 0.0558. The van der Waals surface area contributed by atoms with Crippen LogP contribution in [0.1, 0.15) is 11.1 Å². The number of ether oxygens (including phenoxy) is 1. The summed E-state index contributed by atoms with van der Waals surface area (Å²) < 4.78 is 7.53. The molecule has 1 fully saturated rings. The molecule has 0 atom stereocenters. The molecule has 1 amide bonds. The Morgan fingerprint density at radius 3 is 2.48 bits per heavy atom. The average molecular weight is 438 g/mol. The minimum atomic E-state index is 0.0558. The van der Waals surface area contributed by atoms with Crippen molar-refractivity contribution in [3.05, 3.63) is 65.7 Å². The van der Waals surface area contributed by atoms with Crippen molar-refractivity contribution in [2.45, 2.75) is 18.6 Å². The summed E-state index contributed by atoms with van der Waals surface area (Å²) in [7, 11) is 1.83. The van der Waals surface area contributed by atoms with E-state index in [2.05, 4.69) is 46.3 Å². The Balaban J connectivity index is 1.51. The van der Waals surface area contributed by atoms with Gasteiger partial charge in [-0.15, -0.1) is 10.2 Å². The number of aromatic nitrogens is 3. The summed E-state index contributed by atoms with van der Waals surface area (Å²) >= 11 is 1.42. The number of rotatable bonds is 7. The zero-order valence-electron chi connectivity index (χ0n) is 17.9. The van der Waals surface area contributed by atoms with Crippen molar-refractivity contribution < 1.29 is 9.53 Å². The lowest BCUT2D eigenvalue weighted by Crippen LogP contribution is -2.37. The molecule has 2 heterocycles. The fourth-order valence-corrected chi connectivity index (χ4v) is 4.31. The van der Waals surface area contributed by atoms with E-state index in [1.807, 2.05) is 41.9 Å². The lowest BCUT2D eigenvalue weighted by atomic mass is 10.2. The van der Waals surface area contributed by atoms with Crippen molar-refractivity contribution in [3.8, 4) is 5.69 Å². The third kappa shape index (κ3) is 5.26. The van der Waals surface area contributed by atoms with Gasteiger partial charge in [-0.25, -0.2) is 0 Å². The Hall–Kier alpha value is -2.84. The number of anilines is 1. The van der Waals surface area contributed by atoms with E-state index >= 15 is 0 Å². The molecule has 162 valence electrons. The van der Waals surface area contributed by atoms with Crippen LogP contribution in [-0.2, 0) is 16.1 Å². The van der Waals surface area contributed by atoms with E-state index in [0.29, 0.717) is 30.7 Å². The van der Waals surface area contributed by atoms with E-state index in [-0.39, 0.29) is 5.91 Å². The number of carbonyl (C=O) groups is 1. The first-order valence-electron chi connectivity index (χ1n) is 10.4. The maximum atomic E-state index is 12.7. The number of thioether (sulfide) groups is 1. The molecule has 31 heavy (non-hydrogen) atoms.